The highest BCUT2D eigenvalue weighted by atomic mass is 16.6. The number of alkyl carbamates (subject to hydrolysis) is 1. The largest absolute Gasteiger partial charge is 0.444 e. The lowest BCUT2D eigenvalue weighted by Gasteiger charge is -2.19. The van der Waals surface area contributed by atoms with E-state index in [0.717, 1.165) is 0 Å². The number of amides is 1. The second-order valence-electron chi connectivity index (χ2n) is 6.08. The molecule has 0 aromatic heterocycles. The number of nitrogens with one attached hydrogen (secondary N) is 1. The smallest absolute Gasteiger partial charge is 0.407 e. The van der Waals surface area contributed by atoms with Gasteiger partial charge in [0.05, 0.1) is 0 Å². The average molecular weight is 275 g/mol. The minimum absolute atomic E-state index is 0.390. The first kappa shape index (κ1) is 16.3. The average Bonchev–Trinajstić information content (AvgIpc) is 2.28. The van der Waals surface area contributed by atoms with Gasteiger partial charge in [-0.15, -0.1) is 0 Å². The zero-order valence-electron chi connectivity index (χ0n) is 13.3. The van der Waals surface area contributed by atoms with Crippen LogP contribution in [0.1, 0.15) is 43.0 Å². The minimum Gasteiger partial charge on any atom is -0.444 e. The Bertz CT molecular complexity index is 510. The summed E-state index contributed by atoms with van der Waals surface area (Å²) in [6, 6.07) is 4.34. The van der Waals surface area contributed by atoms with Gasteiger partial charge in [0, 0.05) is 6.54 Å². The Hall–Kier alpha value is -1.77. The number of hydrogen-bond donors (Lipinski definition) is 1. The first-order valence-electron chi connectivity index (χ1n) is 6.90. The van der Waals surface area contributed by atoms with Gasteiger partial charge < -0.3 is 10.1 Å². The fraction of sp³-hybridized carbons (Fsp3) is 0.471. The zero-order chi connectivity index (χ0) is 15.3. The molecule has 110 valence electrons. The molecule has 0 unspecified atom stereocenters. The van der Waals surface area contributed by atoms with E-state index in [-0.39, 0.29) is 6.09 Å². The molecular formula is C17H25NO2. The topological polar surface area (TPSA) is 38.3 Å². The molecule has 1 aromatic carbocycles. The summed E-state index contributed by atoms with van der Waals surface area (Å²) < 4.78 is 5.16. The van der Waals surface area contributed by atoms with E-state index in [1.165, 1.54) is 22.3 Å². The first-order chi connectivity index (χ1) is 9.19. The number of carbonyl (C=O) groups is 1. The maximum absolute atomic E-state index is 11.5. The highest BCUT2D eigenvalue weighted by molar-refractivity contribution is 5.68. The van der Waals surface area contributed by atoms with Crippen LogP contribution in [0.2, 0.25) is 0 Å². The summed E-state index contributed by atoms with van der Waals surface area (Å²) in [5, 5.41) is 2.71. The van der Waals surface area contributed by atoms with Crippen molar-refractivity contribution in [2.45, 2.75) is 47.1 Å². The van der Waals surface area contributed by atoms with Crippen LogP contribution < -0.4 is 5.32 Å². The second-order valence-corrected chi connectivity index (χ2v) is 6.08. The quantitative estimate of drug-likeness (QED) is 0.900. The maximum Gasteiger partial charge on any atom is 0.407 e. The van der Waals surface area contributed by atoms with Gasteiger partial charge >= 0.3 is 6.09 Å². The Kier molecular flexibility index (Phi) is 5.37. The van der Waals surface area contributed by atoms with Crippen LogP contribution >= 0.6 is 0 Å². The van der Waals surface area contributed by atoms with Gasteiger partial charge in [-0.2, -0.15) is 0 Å². The molecule has 0 atom stereocenters. The van der Waals surface area contributed by atoms with Crippen molar-refractivity contribution in [2.75, 3.05) is 6.54 Å². The van der Waals surface area contributed by atoms with Gasteiger partial charge in [0.15, 0.2) is 0 Å². The van der Waals surface area contributed by atoms with E-state index in [1.807, 2.05) is 32.9 Å². The van der Waals surface area contributed by atoms with Crippen LogP contribution in [0.4, 0.5) is 4.79 Å². The van der Waals surface area contributed by atoms with Gasteiger partial charge in [0.25, 0.3) is 0 Å². The van der Waals surface area contributed by atoms with Crippen molar-refractivity contribution in [3.05, 3.63) is 40.5 Å². The molecule has 0 aliphatic heterocycles. The lowest BCUT2D eigenvalue weighted by molar-refractivity contribution is 0.0534. The molecule has 20 heavy (non-hydrogen) atoms. The van der Waals surface area contributed by atoms with Crippen LogP contribution in [-0.2, 0) is 4.74 Å². The van der Waals surface area contributed by atoms with E-state index in [4.69, 9.17) is 4.74 Å². The summed E-state index contributed by atoms with van der Waals surface area (Å²) in [6.45, 7) is 12.3. The third-order valence-electron chi connectivity index (χ3n) is 2.94. The first-order valence-corrected chi connectivity index (χ1v) is 6.90. The van der Waals surface area contributed by atoms with Crippen molar-refractivity contribution in [3.63, 3.8) is 0 Å². The summed E-state index contributed by atoms with van der Waals surface area (Å²) in [6.07, 6.45) is 3.57. The summed E-state index contributed by atoms with van der Waals surface area (Å²) in [5.41, 5.74) is 4.53. The number of aryl methyl sites for hydroxylation is 3. The molecule has 0 bridgehead atoms. The van der Waals surface area contributed by atoms with Crippen LogP contribution in [0.25, 0.3) is 6.08 Å². The summed E-state index contributed by atoms with van der Waals surface area (Å²) in [7, 11) is 0. The predicted octanol–water partition coefficient (Wildman–Crippen LogP) is 4.15. The monoisotopic (exact) mass is 275 g/mol. The number of benzene rings is 1. The van der Waals surface area contributed by atoms with Crippen LogP contribution in [0.15, 0.2) is 18.2 Å². The fourth-order valence-electron chi connectivity index (χ4n) is 1.80. The number of rotatable bonds is 3. The summed E-state index contributed by atoms with van der Waals surface area (Å²) in [4.78, 5) is 11.5. The second kappa shape index (κ2) is 6.60. The summed E-state index contributed by atoms with van der Waals surface area (Å²) in [5.74, 6) is 0. The molecule has 0 heterocycles. The predicted molar refractivity (Wildman–Crippen MR) is 83.9 cm³/mol. The number of carbonyl (C=O) groups excluding carboxylic acids is 1. The molecule has 1 rings (SSSR count). The Balaban J connectivity index is 2.54. The standard InChI is InChI=1S/C17H25NO2/c1-12-10-14(3)15(11-13(12)2)8-7-9-18-16(19)20-17(4,5)6/h7-8,10-11H,9H2,1-6H3,(H,18,19). The van der Waals surface area contributed by atoms with Gasteiger partial charge in [0.2, 0.25) is 0 Å². The number of ether oxygens (including phenoxy) is 1. The van der Waals surface area contributed by atoms with E-state index >= 15 is 0 Å². The Morgan fingerprint density at radius 2 is 1.75 bits per heavy atom. The molecule has 0 fully saturated rings. The van der Waals surface area contributed by atoms with Gasteiger partial charge in [-0.1, -0.05) is 24.3 Å². The maximum atomic E-state index is 11.5. The van der Waals surface area contributed by atoms with Crippen LogP contribution in [0, 0.1) is 20.8 Å². The van der Waals surface area contributed by atoms with Crippen molar-refractivity contribution in [1.29, 1.82) is 0 Å². The molecule has 1 amide bonds. The Morgan fingerprint density at radius 1 is 1.15 bits per heavy atom. The van der Waals surface area contributed by atoms with E-state index < -0.39 is 5.60 Å². The SMILES string of the molecule is Cc1cc(C)c(C=CCNC(=O)OC(C)(C)C)cc1C. The lowest BCUT2D eigenvalue weighted by Crippen LogP contribution is -2.32. The third kappa shape index (κ3) is 5.47. The Labute approximate surface area is 122 Å². The van der Waals surface area contributed by atoms with Gasteiger partial charge in [-0.05, 0) is 63.8 Å². The summed E-state index contributed by atoms with van der Waals surface area (Å²) >= 11 is 0. The van der Waals surface area contributed by atoms with E-state index in [9.17, 15) is 4.79 Å². The molecule has 3 nitrogen and oxygen atoms in total. The number of hydrogen-bond acceptors (Lipinski definition) is 2. The third-order valence-corrected chi connectivity index (χ3v) is 2.94. The van der Waals surface area contributed by atoms with Crippen molar-refractivity contribution in [2.24, 2.45) is 0 Å². The van der Waals surface area contributed by atoms with Crippen molar-refractivity contribution < 1.29 is 9.53 Å². The van der Waals surface area contributed by atoms with Crippen molar-refractivity contribution in [3.8, 4) is 0 Å². The molecule has 0 saturated heterocycles. The van der Waals surface area contributed by atoms with Gasteiger partial charge in [0.1, 0.15) is 5.60 Å². The lowest BCUT2D eigenvalue weighted by atomic mass is 10.0. The van der Waals surface area contributed by atoms with Gasteiger partial charge in [-0.25, -0.2) is 4.79 Å². The van der Waals surface area contributed by atoms with Crippen LogP contribution in [-0.4, -0.2) is 18.2 Å². The highest BCUT2D eigenvalue weighted by Crippen LogP contribution is 2.16. The van der Waals surface area contributed by atoms with E-state index in [0.29, 0.717) is 6.54 Å². The van der Waals surface area contributed by atoms with Crippen molar-refractivity contribution >= 4 is 12.2 Å². The van der Waals surface area contributed by atoms with Gasteiger partial charge in [-0.3, -0.25) is 0 Å². The molecule has 0 spiro atoms. The molecule has 1 aromatic rings. The highest BCUT2D eigenvalue weighted by Gasteiger charge is 2.14. The fourth-order valence-corrected chi connectivity index (χ4v) is 1.80. The molecule has 1 N–H and O–H groups in total. The van der Waals surface area contributed by atoms with E-state index in [2.05, 4.69) is 38.2 Å². The molecule has 0 aliphatic rings. The zero-order valence-corrected chi connectivity index (χ0v) is 13.3. The molecule has 0 aliphatic carbocycles. The van der Waals surface area contributed by atoms with Crippen LogP contribution in [0.5, 0.6) is 0 Å². The molecule has 0 saturated carbocycles. The molecule has 3 heteroatoms. The Morgan fingerprint density at radius 3 is 2.35 bits per heavy atom. The van der Waals surface area contributed by atoms with Crippen LogP contribution in [0.3, 0.4) is 0 Å². The molecule has 0 radical (unpaired) electrons. The van der Waals surface area contributed by atoms with E-state index in [1.54, 1.807) is 0 Å². The van der Waals surface area contributed by atoms with Crippen molar-refractivity contribution in [1.82, 2.24) is 5.32 Å². The minimum atomic E-state index is -0.460. The normalized spacial score (nSPS) is 11.7. The molecular weight excluding hydrogens is 250 g/mol.